The summed E-state index contributed by atoms with van der Waals surface area (Å²) in [7, 11) is 1.89. The fraction of sp³-hybridized carbons (Fsp3) is 0.455. The molecule has 0 heterocycles. The van der Waals surface area contributed by atoms with Crippen LogP contribution in [0.25, 0.3) is 0 Å². The number of likely N-dealkylation sites (N-methyl/N-ethyl adjacent to an activating group) is 1. The van der Waals surface area contributed by atoms with Gasteiger partial charge in [0.05, 0.1) is 0 Å². The van der Waals surface area contributed by atoms with E-state index in [9.17, 15) is 4.39 Å². The lowest BCUT2D eigenvalue weighted by molar-refractivity contribution is 0.196. The number of halogens is 1. The minimum absolute atomic E-state index is 0.144. The van der Waals surface area contributed by atoms with E-state index in [2.05, 4.69) is 12.2 Å². The van der Waals surface area contributed by atoms with E-state index in [4.69, 9.17) is 4.74 Å². The molecule has 3 heteroatoms. The van der Waals surface area contributed by atoms with Crippen LogP contribution >= 0.6 is 0 Å². The van der Waals surface area contributed by atoms with Gasteiger partial charge in [-0.15, -0.1) is 0 Å². The van der Waals surface area contributed by atoms with Crippen LogP contribution in [0.4, 0.5) is 4.39 Å². The first-order valence-corrected chi connectivity index (χ1v) is 4.83. The molecule has 1 aromatic rings. The van der Waals surface area contributed by atoms with E-state index in [1.165, 1.54) is 12.1 Å². The standard InChI is InChI=1S/C11H16FNO/c1-3-10(8-13-2)14-11-6-4-9(12)5-7-11/h4-7,10,13H,3,8H2,1-2H3. The molecule has 2 nitrogen and oxygen atoms in total. The van der Waals surface area contributed by atoms with Crippen LogP contribution in [0.2, 0.25) is 0 Å². The average Bonchev–Trinajstić information content (AvgIpc) is 2.20. The predicted octanol–water partition coefficient (Wildman–Crippen LogP) is 2.20. The molecule has 14 heavy (non-hydrogen) atoms. The van der Waals surface area contributed by atoms with Crippen molar-refractivity contribution in [2.45, 2.75) is 19.4 Å². The summed E-state index contributed by atoms with van der Waals surface area (Å²) in [6.45, 7) is 2.86. The molecule has 78 valence electrons. The number of nitrogens with one attached hydrogen (secondary N) is 1. The lowest BCUT2D eigenvalue weighted by atomic mass is 10.2. The fourth-order valence-corrected chi connectivity index (χ4v) is 1.20. The number of rotatable bonds is 5. The second kappa shape index (κ2) is 5.60. The Hall–Kier alpha value is -1.09. The number of hydrogen-bond acceptors (Lipinski definition) is 2. The first-order valence-electron chi connectivity index (χ1n) is 4.83. The minimum Gasteiger partial charge on any atom is -0.489 e. The molecule has 0 amide bonds. The number of benzene rings is 1. The van der Waals surface area contributed by atoms with Crippen LogP contribution in [-0.4, -0.2) is 19.7 Å². The molecule has 0 aliphatic rings. The molecule has 0 spiro atoms. The SMILES string of the molecule is CCC(CNC)Oc1ccc(F)cc1. The van der Waals surface area contributed by atoms with Crippen LogP contribution < -0.4 is 10.1 Å². The Morgan fingerprint density at radius 2 is 2.00 bits per heavy atom. The summed E-state index contributed by atoms with van der Waals surface area (Å²) in [6, 6.07) is 6.10. The molecule has 1 rings (SSSR count). The number of hydrogen-bond donors (Lipinski definition) is 1. The summed E-state index contributed by atoms with van der Waals surface area (Å²) in [6.07, 6.45) is 1.07. The third-order valence-electron chi connectivity index (χ3n) is 2.00. The van der Waals surface area contributed by atoms with Crippen molar-refractivity contribution in [2.75, 3.05) is 13.6 Å². The summed E-state index contributed by atoms with van der Waals surface area (Å²) in [5.41, 5.74) is 0. The van der Waals surface area contributed by atoms with Gasteiger partial charge in [0.25, 0.3) is 0 Å². The molecular formula is C11H16FNO. The van der Waals surface area contributed by atoms with E-state index >= 15 is 0 Å². The highest BCUT2D eigenvalue weighted by Crippen LogP contribution is 2.13. The third kappa shape index (κ3) is 3.34. The maximum absolute atomic E-state index is 12.6. The van der Waals surface area contributed by atoms with Gasteiger partial charge in [-0.25, -0.2) is 4.39 Å². The van der Waals surface area contributed by atoms with Crippen molar-refractivity contribution in [3.05, 3.63) is 30.1 Å². The first kappa shape index (κ1) is 11.0. The molecule has 0 aliphatic heterocycles. The second-order valence-electron chi connectivity index (χ2n) is 3.16. The quantitative estimate of drug-likeness (QED) is 0.781. The third-order valence-corrected chi connectivity index (χ3v) is 2.00. The Labute approximate surface area is 84.1 Å². The normalized spacial score (nSPS) is 12.5. The molecule has 0 saturated heterocycles. The Balaban J connectivity index is 2.53. The van der Waals surface area contributed by atoms with E-state index in [0.29, 0.717) is 5.75 Å². The topological polar surface area (TPSA) is 21.3 Å². The van der Waals surface area contributed by atoms with Gasteiger partial charge in [-0.2, -0.15) is 0 Å². The maximum atomic E-state index is 12.6. The summed E-state index contributed by atoms with van der Waals surface area (Å²) in [4.78, 5) is 0. The highest BCUT2D eigenvalue weighted by atomic mass is 19.1. The van der Waals surface area contributed by atoms with Gasteiger partial charge < -0.3 is 10.1 Å². The maximum Gasteiger partial charge on any atom is 0.123 e. The van der Waals surface area contributed by atoms with Crippen LogP contribution in [0.1, 0.15) is 13.3 Å². The summed E-state index contributed by atoms with van der Waals surface area (Å²) >= 11 is 0. The highest BCUT2D eigenvalue weighted by molar-refractivity contribution is 5.22. The van der Waals surface area contributed by atoms with Gasteiger partial charge in [0.15, 0.2) is 0 Å². The van der Waals surface area contributed by atoms with Crippen molar-refractivity contribution < 1.29 is 9.13 Å². The van der Waals surface area contributed by atoms with Crippen LogP contribution in [0, 0.1) is 5.82 Å². The molecule has 0 radical (unpaired) electrons. The van der Waals surface area contributed by atoms with Crippen molar-refractivity contribution in [1.29, 1.82) is 0 Å². The molecule has 1 N–H and O–H groups in total. The summed E-state index contributed by atoms with van der Waals surface area (Å²) in [5, 5.41) is 3.05. The molecule has 0 fully saturated rings. The van der Waals surface area contributed by atoms with Gasteiger partial charge >= 0.3 is 0 Å². The zero-order valence-corrected chi connectivity index (χ0v) is 8.59. The molecule has 0 bridgehead atoms. The van der Waals surface area contributed by atoms with Crippen LogP contribution in [-0.2, 0) is 0 Å². The van der Waals surface area contributed by atoms with Crippen LogP contribution in [0.15, 0.2) is 24.3 Å². The van der Waals surface area contributed by atoms with E-state index < -0.39 is 0 Å². The van der Waals surface area contributed by atoms with Gasteiger partial charge in [-0.05, 0) is 37.7 Å². The van der Waals surface area contributed by atoms with E-state index in [-0.39, 0.29) is 11.9 Å². The van der Waals surface area contributed by atoms with Crippen molar-refractivity contribution in [3.63, 3.8) is 0 Å². The smallest absolute Gasteiger partial charge is 0.123 e. The van der Waals surface area contributed by atoms with Crippen molar-refractivity contribution >= 4 is 0 Å². The first-order chi connectivity index (χ1) is 6.76. The Bertz CT molecular complexity index is 260. The Morgan fingerprint density at radius 3 is 2.50 bits per heavy atom. The molecule has 0 saturated carbocycles. The van der Waals surface area contributed by atoms with E-state index in [1.54, 1.807) is 12.1 Å². The van der Waals surface area contributed by atoms with Crippen LogP contribution in [0.3, 0.4) is 0 Å². The average molecular weight is 197 g/mol. The molecule has 1 unspecified atom stereocenters. The Kier molecular flexibility index (Phi) is 4.40. The molecule has 1 atom stereocenters. The highest BCUT2D eigenvalue weighted by Gasteiger charge is 2.06. The zero-order valence-electron chi connectivity index (χ0n) is 8.59. The Morgan fingerprint density at radius 1 is 1.36 bits per heavy atom. The minimum atomic E-state index is -0.237. The lowest BCUT2D eigenvalue weighted by Crippen LogP contribution is -2.28. The van der Waals surface area contributed by atoms with Crippen LogP contribution in [0.5, 0.6) is 5.75 Å². The monoisotopic (exact) mass is 197 g/mol. The van der Waals surface area contributed by atoms with Crippen molar-refractivity contribution in [3.8, 4) is 5.75 Å². The van der Waals surface area contributed by atoms with E-state index in [1.807, 2.05) is 7.05 Å². The molecule has 0 aromatic heterocycles. The van der Waals surface area contributed by atoms with E-state index in [0.717, 1.165) is 13.0 Å². The van der Waals surface area contributed by atoms with Crippen molar-refractivity contribution in [1.82, 2.24) is 5.32 Å². The molecular weight excluding hydrogens is 181 g/mol. The number of ether oxygens (including phenoxy) is 1. The molecule has 1 aromatic carbocycles. The summed E-state index contributed by atoms with van der Waals surface area (Å²) < 4.78 is 18.2. The van der Waals surface area contributed by atoms with Gasteiger partial charge in [0.1, 0.15) is 17.7 Å². The second-order valence-corrected chi connectivity index (χ2v) is 3.16. The van der Waals surface area contributed by atoms with Gasteiger partial charge in [-0.1, -0.05) is 6.92 Å². The predicted molar refractivity (Wildman–Crippen MR) is 55.0 cm³/mol. The van der Waals surface area contributed by atoms with Gasteiger partial charge in [-0.3, -0.25) is 0 Å². The summed E-state index contributed by atoms with van der Waals surface area (Å²) in [5.74, 6) is 0.479. The molecule has 0 aliphatic carbocycles. The van der Waals surface area contributed by atoms with Gasteiger partial charge in [0.2, 0.25) is 0 Å². The largest absolute Gasteiger partial charge is 0.489 e. The van der Waals surface area contributed by atoms with Crippen molar-refractivity contribution in [2.24, 2.45) is 0 Å². The zero-order chi connectivity index (χ0) is 10.4. The lowest BCUT2D eigenvalue weighted by Gasteiger charge is -2.16. The fourth-order valence-electron chi connectivity index (χ4n) is 1.20. The van der Waals surface area contributed by atoms with Gasteiger partial charge in [0, 0.05) is 6.54 Å².